The van der Waals surface area contributed by atoms with Gasteiger partial charge in [-0.3, -0.25) is 4.79 Å². The molecular weight excluding hydrogens is 318 g/mol. The molecule has 0 bridgehead atoms. The van der Waals surface area contributed by atoms with E-state index < -0.39 is 0 Å². The van der Waals surface area contributed by atoms with Crippen molar-refractivity contribution in [2.75, 3.05) is 20.8 Å². The molecule has 2 aromatic carbocycles. The molecule has 5 heteroatoms. The van der Waals surface area contributed by atoms with E-state index in [0.717, 1.165) is 5.56 Å². The van der Waals surface area contributed by atoms with Gasteiger partial charge in [-0.2, -0.15) is 0 Å². The Morgan fingerprint density at radius 2 is 1.56 bits per heavy atom. The van der Waals surface area contributed by atoms with Gasteiger partial charge in [-0.1, -0.05) is 18.2 Å². The van der Waals surface area contributed by atoms with Gasteiger partial charge in [0.25, 0.3) is 5.91 Å². The summed E-state index contributed by atoms with van der Waals surface area (Å²) in [6.45, 7) is 6.01. The monoisotopic (exact) mass is 343 g/mol. The lowest BCUT2D eigenvalue weighted by Crippen LogP contribution is -2.31. The highest BCUT2D eigenvalue weighted by molar-refractivity contribution is 5.78. The Hall–Kier alpha value is -2.69. The van der Waals surface area contributed by atoms with Crippen molar-refractivity contribution in [1.82, 2.24) is 5.32 Å². The number of hydrogen-bond acceptors (Lipinski definition) is 4. The first-order valence-electron chi connectivity index (χ1n) is 8.15. The first-order valence-corrected chi connectivity index (χ1v) is 8.15. The maximum absolute atomic E-state index is 12.2. The van der Waals surface area contributed by atoms with Crippen LogP contribution in [0.1, 0.15) is 29.7 Å². The third kappa shape index (κ3) is 5.14. The molecule has 25 heavy (non-hydrogen) atoms. The van der Waals surface area contributed by atoms with Crippen LogP contribution in [-0.4, -0.2) is 26.7 Å². The molecule has 0 radical (unpaired) electrons. The van der Waals surface area contributed by atoms with Gasteiger partial charge in [0.2, 0.25) is 0 Å². The zero-order chi connectivity index (χ0) is 18.4. The van der Waals surface area contributed by atoms with Crippen LogP contribution >= 0.6 is 0 Å². The summed E-state index contributed by atoms with van der Waals surface area (Å²) < 4.78 is 15.9. The highest BCUT2D eigenvalue weighted by atomic mass is 16.5. The number of nitrogens with one attached hydrogen (secondary N) is 1. The molecule has 0 saturated heterocycles. The molecule has 0 aromatic heterocycles. The average molecular weight is 343 g/mol. The maximum Gasteiger partial charge on any atom is 0.258 e. The molecule has 0 spiro atoms. The Balaban J connectivity index is 1.95. The molecule has 0 aliphatic carbocycles. The van der Waals surface area contributed by atoms with Gasteiger partial charge in [0.1, 0.15) is 17.2 Å². The summed E-state index contributed by atoms with van der Waals surface area (Å²) in [5, 5.41) is 2.94. The number of benzene rings is 2. The number of carbonyl (C=O) groups excluding carboxylic acids is 1. The Bertz CT molecular complexity index is 720. The molecule has 1 amide bonds. The molecule has 2 aromatic rings. The highest BCUT2D eigenvalue weighted by Gasteiger charge is 2.11. The Labute approximate surface area is 148 Å². The fourth-order valence-corrected chi connectivity index (χ4v) is 2.41. The Morgan fingerprint density at radius 3 is 2.12 bits per heavy atom. The van der Waals surface area contributed by atoms with Crippen LogP contribution < -0.4 is 19.5 Å². The second kappa shape index (κ2) is 8.42. The van der Waals surface area contributed by atoms with Crippen molar-refractivity contribution in [2.24, 2.45) is 0 Å². The molecule has 1 atom stereocenters. The zero-order valence-electron chi connectivity index (χ0n) is 15.4. The van der Waals surface area contributed by atoms with Crippen LogP contribution in [-0.2, 0) is 4.79 Å². The summed E-state index contributed by atoms with van der Waals surface area (Å²) in [5.41, 5.74) is 3.51. The number of methoxy groups -OCH3 is 2. The standard InChI is InChI=1S/C20H25NO4/c1-13-6-7-16(8-14(13)2)15(3)21-20(22)12-25-19-10-17(23-4)9-18(11-19)24-5/h6-11,15H,12H2,1-5H3,(H,21,22). The maximum atomic E-state index is 12.2. The predicted octanol–water partition coefficient (Wildman–Crippen LogP) is 3.58. The number of hydrogen-bond donors (Lipinski definition) is 1. The normalized spacial score (nSPS) is 11.6. The molecule has 0 heterocycles. The fraction of sp³-hybridized carbons (Fsp3) is 0.350. The van der Waals surface area contributed by atoms with Gasteiger partial charge in [0, 0.05) is 18.2 Å². The molecule has 0 aliphatic rings. The van der Waals surface area contributed by atoms with Crippen LogP contribution in [0.15, 0.2) is 36.4 Å². The lowest BCUT2D eigenvalue weighted by Gasteiger charge is -2.16. The first-order chi connectivity index (χ1) is 11.9. The van der Waals surface area contributed by atoms with Crippen LogP contribution in [0, 0.1) is 13.8 Å². The number of aryl methyl sites for hydroxylation is 2. The summed E-state index contributed by atoms with van der Waals surface area (Å²) in [5.74, 6) is 1.55. The van der Waals surface area contributed by atoms with Crippen molar-refractivity contribution in [3.05, 3.63) is 53.1 Å². The largest absolute Gasteiger partial charge is 0.496 e. The van der Waals surface area contributed by atoms with E-state index in [-0.39, 0.29) is 18.6 Å². The third-order valence-corrected chi connectivity index (χ3v) is 4.10. The van der Waals surface area contributed by atoms with Crippen molar-refractivity contribution < 1.29 is 19.0 Å². The van der Waals surface area contributed by atoms with Gasteiger partial charge in [0.15, 0.2) is 6.61 Å². The van der Waals surface area contributed by atoms with Crippen molar-refractivity contribution in [1.29, 1.82) is 0 Å². The third-order valence-electron chi connectivity index (χ3n) is 4.10. The second-order valence-electron chi connectivity index (χ2n) is 5.97. The van der Waals surface area contributed by atoms with E-state index in [1.165, 1.54) is 11.1 Å². The molecule has 2 rings (SSSR count). The van der Waals surface area contributed by atoms with E-state index in [1.807, 2.05) is 13.0 Å². The number of carbonyl (C=O) groups is 1. The Morgan fingerprint density at radius 1 is 0.960 bits per heavy atom. The second-order valence-corrected chi connectivity index (χ2v) is 5.97. The van der Waals surface area contributed by atoms with E-state index >= 15 is 0 Å². The molecule has 1 N–H and O–H groups in total. The number of amides is 1. The van der Waals surface area contributed by atoms with Crippen molar-refractivity contribution in [3.63, 3.8) is 0 Å². The van der Waals surface area contributed by atoms with Crippen molar-refractivity contribution in [3.8, 4) is 17.2 Å². The molecular formula is C20H25NO4. The van der Waals surface area contributed by atoms with Gasteiger partial charge in [-0.25, -0.2) is 0 Å². The zero-order valence-corrected chi connectivity index (χ0v) is 15.4. The minimum absolute atomic E-state index is 0.0779. The Kier molecular flexibility index (Phi) is 6.28. The molecule has 134 valence electrons. The summed E-state index contributed by atoms with van der Waals surface area (Å²) in [4.78, 5) is 12.2. The van der Waals surface area contributed by atoms with Crippen LogP contribution in [0.3, 0.4) is 0 Å². The van der Waals surface area contributed by atoms with E-state index in [0.29, 0.717) is 17.2 Å². The molecule has 0 fully saturated rings. The quantitative estimate of drug-likeness (QED) is 0.835. The van der Waals surface area contributed by atoms with Crippen LogP contribution in [0.2, 0.25) is 0 Å². The lowest BCUT2D eigenvalue weighted by atomic mass is 10.0. The van der Waals surface area contributed by atoms with Crippen molar-refractivity contribution in [2.45, 2.75) is 26.8 Å². The van der Waals surface area contributed by atoms with Gasteiger partial charge >= 0.3 is 0 Å². The topological polar surface area (TPSA) is 56.8 Å². The summed E-state index contributed by atoms with van der Waals surface area (Å²) in [7, 11) is 3.13. The predicted molar refractivity (Wildman–Crippen MR) is 97.5 cm³/mol. The minimum atomic E-state index is -0.187. The SMILES string of the molecule is COc1cc(OC)cc(OCC(=O)NC(C)c2ccc(C)c(C)c2)c1. The smallest absolute Gasteiger partial charge is 0.258 e. The van der Waals surface area contributed by atoms with E-state index in [1.54, 1.807) is 32.4 Å². The summed E-state index contributed by atoms with van der Waals surface area (Å²) in [6, 6.07) is 11.3. The van der Waals surface area contributed by atoms with Crippen LogP contribution in [0.5, 0.6) is 17.2 Å². The van der Waals surface area contributed by atoms with E-state index in [9.17, 15) is 4.79 Å². The molecule has 0 saturated carbocycles. The fourth-order valence-electron chi connectivity index (χ4n) is 2.41. The summed E-state index contributed by atoms with van der Waals surface area (Å²) >= 11 is 0. The molecule has 1 unspecified atom stereocenters. The minimum Gasteiger partial charge on any atom is -0.496 e. The van der Waals surface area contributed by atoms with Gasteiger partial charge < -0.3 is 19.5 Å². The van der Waals surface area contributed by atoms with Crippen LogP contribution in [0.4, 0.5) is 0 Å². The van der Waals surface area contributed by atoms with Crippen molar-refractivity contribution >= 4 is 5.91 Å². The lowest BCUT2D eigenvalue weighted by molar-refractivity contribution is -0.123. The highest BCUT2D eigenvalue weighted by Crippen LogP contribution is 2.27. The van der Waals surface area contributed by atoms with Gasteiger partial charge in [0.05, 0.1) is 20.3 Å². The molecule has 0 aliphatic heterocycles. The first kappa shape index (κ1) is 18.6. The number of ether oxygens (including phenoxy) is 3. The van der Waals surface area contributed by atoms with Gasteiger partial charge in [-0.05, 0) is 37.5 Å². The summed E-state index contributed by atoms with van der Waals surface area (Å²) in [6.07, 6.45) is 0. The van der Waals surface area contributed by atoms with E-state index in [4.69, 9.17) is 14.2 Å². The number of rotatable bonds is 7. The van der Waals surface area contributed by atoms with Gasteiger partial charge in [-0.15, -0.1) is 0 Å². The van der Waals surface area contributed by atoms with Crippen LogP contribution in [0.25, 0.3) is 0 Å². The molecule has 5 nitrogen and oxygen atoms in total. The van der Waals surface area contributed by atoms with E-state index in [2.05, 4.69) is 31.3 Å². The average Bonchev–Trinajstić information content (AvgIpc) is 2.61.